The minimum atomic E-state index is -0.837. The lowest BCUT2D eigenvalue weighted by Gasteiger charge is -2.38. The summed E-state index contributed by atoms with van der Waals surface area (Å²) >= 11 is 0. The molecule has 0 radical (unpaired) electrons. The molecule has 2 amide bonds. The molecule has 2 aromatic heterocycles. The summed E-state index contributed by atoms with van der Waals surface area (Å²) in [6, 6.07) is 25.5. The molecule has 75 heavy (non-hydrogen) atoms. The van der Waals surface area contributed by atoms with Crippen LogP contribution in [0.3, 0.4) is 0 Å². The molecule has 15 nitrogen and oxygen atoms in total. The summed E-state index contributed by atoms with van der Waals surface area (Å²) in [7, 11) is 0. The lowest BCUT2D eigenvalue weighted by molar-refractivity contribution is -0.0477. The van der Waals surface area contributed by atoms with E-state index in [9.17, 15) is 28.8 Å². The molecule has 0 bridgehead atoms. The molecule has 0 atom stereocenters. The van der Waals surface area contributed by atoms with Crippen LogP contribution in [0, 0.1) is 13.8 Å². The number of imide groups is 1. The van der Waals surface area contributed by atoms with Crippen molar-refractivity contribution in [3.8, 4) is 39.8 Å². The van der Waals surface area contributed by atoms with Crippen LogP contribution in [-0.2, 0) is 6.54 Å². The molecule has 0 N–H and O–H groups in total. The van der Waals surface area contributed by atoms with Gasteiger partial charge in [-0.05, 0) is 91.6 Å². The van der Waals surface area contributed by atoms with E-state index in [1.165, 1.54) is 21.6 Å². The van der Waals surface area contributed by atoms with Gasteiger partial charge in [0.05, 0.1) is 38.5 Å². The Hall–Kier alpha value is -8.20. The zero-order valence-corrected chi connectivity index (χ0v) is 43.2. The van der Waals surface area contributed by atoms with Gasteiger partial charge in [-0.25, -0.2) is 9.47 Å². The number of fused-ring (bicyclic) bond motifs is 4. The Balaban J connectivity index is 0.782. The van der Waals surface area contributed by atoms with Crippen LogP contribution in [0.2, 0.25) is 0 Å². The zero-order chi connectivity index (χ0) is 52.4. The maximum Gasteiger partial charge on any atom is 0.266 e. The number of aryl methyl sites for hydroxylation is 2. The standard InChI is InChI=1S/C60H57N5O10/c1-8-9-10-11-12-13-23-63-53(66)40-30-42-43(31-41(40)54(63)67)58(71)65(57(42)70)46-29-33(2)45(28-34(46)3)64-55(68)38-16-14-15-37-44(22-21-39(50(37)38)56(64)69)62-26-24-61(25-27-62)36-19-17-35(18-20-36)49-51-47(72-59(4,5)74-51)32-48-52(49)75-60(6,7)73-48/h14-22,28-32H,8-13,23-27H2,1-7H3. The number of amides is 2. The van der Waals surface area contributed by atoms with Crippen LogP contribution in [-0.4, -0.2) is 58.7 Å². The highest BCUT2D eigenvalue weighted by Crippen LogP contribution is 2.58. The highest BCUT2D eigenvalue weighted by atomic mass is 16.7. The molecule has 6 aromatic carbocycles. The van der Waals surface area contributed by atoms with Gasteiger partial charge in [0.25, 0.3) is 34.1 Å². The second kappa shape index (κ2) is 17.5. The van der Waals surface area contributed by atoms with Gasteiger partial charge in [0, 0.05) is 99.8 Å². The highest BCUT2D eigenvalue weighted by molar-refractivity contribution is 6.36. The molecule has 0 unspecified atom stereocenters. The van der Waals surface area contributed by atoms with Crippen molar-refractivity contribution in [3.63, 3.8) is 0 Å². The maximum absolute atomic E-state index is 14.6. The number of carbonyl (C=O) groups excluding carboxylic acids is 2. The number of nitrogens with zero attached hydrogens (tertiary/aromatic N) is 5. The highest BCUT2D eigenvalue weighted by Gasteiger charge is 2.43. The van der Waals surface area contributed by atoms with Crippen LogP contribution < -0.4 is 55.9 Å². The van der Waals surface area contributed by atoms with Crippen LogP contribution >= 0.6 is 0 Å². The first-order chi connectivity index (χ1) is 35.9. The third kappa shape index (κ3) is 7.68. The molecule has 6 heterocycles. The number of ether oxygens (including phenoxy) is 4. The third-order valence-electron chi connectivity index (χ3n) is 15.3. The molecule has 1 fully saturated rings. The van der Waals surface area contributed by atoms with Crippen LogP contribution in [0.15, 0.2) is 104 Å². The second-order valence-corrected chi connectivity index (χ2v) is 21.3. The quantitative estimate of drug-likeness (QED) is 0.0844. The van der Waals surface area contributed by atoms with Crippen molar-refractivity contribution < 1.29 is 28.5 Å². The van der Waals surface area contributed by atoms with Crippen LogP contribution in [0.5, 0.6) is 23.0 Å². The van der Waals surface area contributed by atoms with E-state index in [0.717, 1.165) is 77.6 Å². The van der Waals surface area contributed by atoms with Crippen molar-refractivity contribution in [1.82, 2.24) is 9.13 Å². The number of aromatic nitrogens is 2. The molecule has 382 valence electrons. The number of hydrogen-bond donors (Lipinski definition) is 0. The zero-order valence-electron chi connectivity index (χ0n) is 43.2. The maximum atomic E-state index is 14.6. The fraction of sp³-hybridized carbons (Fsp3) is 0.333. The van der Waals surface area contributed by atoms with Gasteiger partial charge < -0.3 is 28.7 Å². The second-order valence-electron chi connectivity index (χ2n) is 21.3. The van der Waals surface area contributed by atoms with E-state index in [0.29, 0.717) is 75.8 Å². The summed E-state index contributed by atoms with van der Waals surface area (Å²) in [4.78, 5) is 90.1. The molecule has 1 saturated heterocycles. The van der Waals surface area contributed by atoms with Crippen molar-refractivity contribution >= 4 is 61.2 Å². The first-order valence-corrected chi connectivity index (χ1v) is 26.0. The SMILES string of the molecule is CCCCCCCCn1c(=O)c2cc3c(=O)n(-c4cc(C)c(N5C(=O)c6cccc7c(N8CCN(c9ccc(-c%10c%11c(cc%12c%10OC(C)(C)O%12)OC(C)(C)O%11)cc9)CC8)ccc(c67)C5=O)cc4C)c(=O)c3cc2c1=O. The van der Waals surface area contributed by atoms with Gasteiger partial charge in [-0.1, -0.05) is 63.3 Å². The van der Waals surface area contributed by atoms with E-state index >= 15 is 0 Å². The number of carbonyl (C=O) groups is 2. The fourth-order valence-electron chi connectivity index (χ4n) is 11.7. The summed E-state index contributed by atoms with van der Waals surface area (Å²) < 4.78 is 27.1. The Morgan fingerprint density at radius 1 is 0.507 bits per heavy atom. The van der Waals surface area contributed by atoms with E-state index in [-0.39, 0.29) is 33.8 Å². The molecule has 12 rings (SSSR count). The first-order valence-electron chi connectivity index (χ1n) is 26.0. The van der Waals surface area contributed by atoms with Crippen molar-refractivity contribution in [2.24, 2.45) is 0 Å². The van der Waals surface area contributed by atoms with Crippen LogP contribution in [0.25, 0.3) is 49.1 Å². The molecule has 0 aliphatic carbocycles. The predicted molar refractivity (Wildman–Crippen MR) is 291 cm³/mol. The number of hydrogen-bond acceptors (Lipinski definition) is 12. The lowest BCUT2D eigenvalue weighted by atomic mass is 9.91. The number of benzene rings is 6. The molecule has 8 aromatic rings. The van der Waals surface area contributed by atoms with Gasteiger partial charge in [0.15, 0.2) is 23.0 Å². The van der Waals surface area contributed by atoms with E-state index in [1.54, 1.807) is 38.1 Å². The van der Waals surface area contributed by atoms with Gasteiger partial charge in [-0.15, -0.1) is 0 Å². The van der Waals surface area contributed by atoms with Crippen molar-refractivity contribution in [2.45, 2.75) is 105 Å². The summed E-state index contributed by atoms with van der Waals surface area (Å²) in [5, 5.41) is 1.73. The summed E-state index contributed by atoms with van der Waals surface area (Å²) in [6.45, 7) is 16.2. The monoisotopic (exact) mass is 1010 g/mol. The Morgan fingerprint density at radius 2 is 1.04 bits per heavy atom. The van der Waals surface area contributed by atoms with E-state index in [2.05, 4.69) is 41.0 Å². The first kappa shape index (κ1) is 47.8. The van der Waals surface area contributed by atoms with Crippen LogP contribution in [0.1, 0.15) is 105 Å². The van der Waals surface area contributed by atoms with Crippen molar-refractivity contribution in [1.29, 1.82) is 0 Å². The molecule has 4 aliphatic rings. The lowest BCUT2D eigenvalue weighted by Crippen LogP contribution is -2.46. The van der Waals surface area contributed by atoms with Gasteiger partial charge in [-0.3, -0.25) is 33.3 Å². The molecule has 15 heteroatoms. The molecule has 0 saturated carbocycles. The minimum absolute atomic E-state index is 0.0438. The third-order valence-corrected chi connectivity index (χ3v) is 15.3. The number of anilines is 3. The van der Waals surface area contributed by atoms with Gasteiger partial charge in [-0.2, -0.15) is 0 Å². The van der Waals surface area contributed by atoms with Gasteiger partial charge in [0.2, 0.25) is 11.6 Å². The molecular formula is C60H57N5O10. The Morgan fingerprint density at radius 3 is 1.65 bits per heavy atom. The average Bonchev–Trinajstić information content (AvgIpc) is 4.08. The Bertz CT molecular complexity index is 3820. The number of rotatable bonds is 12. The van der Waals surface area contributed by atoms with E-state index < -0.39 is 45.6 Å². The van der Waals surface area contributed by atoms with Gasteiger partial charge in [0.1, 0.15) is 0 Å². The predicted octanol–water partition coefficient (Wildman–Crippen LogP) is 9.84. The number of piperazine rings is 1. The summed E-state index contributed by atoms with van der Waals surface area (Å²) in [5.74, 6) is -0.181. The summed E-state index contributed by atoms with van der Waals surface area (Å²) in [5.41, 5.74) is 3.86. The molecule has 0 spiro atoms. The normalized spacial score (nSPS) is 16.4. The van der Waals surface area contributed by atoms with E-state index in [1.807, 2.05) is 52.0 Å². The average molecular weight is 1010 g/mol. The Kier molecular flexibility index (Phi) is 11.1. The minimum Gasteiger partial charge on any atom is -0.449 e. The van der Waals surface area contributed by atoms with Crippen LogP contribution in [0.4, 0.5) is 17.1 Å². The summed E-state index contributed by atoms with van der Waals surface area (Å²) in [6.07, 6.45) is 5.98. The topological polar surface area (TPSA) is 159 Å². The van der Waals surface area contributed by atoms with Crippen molar-refractivity contribution in [2.75, 3.05) is 40.9 Å². The van der Waals surface area contributed by atoms with E-state index in [4.69, 9.17) is 18.9 Å². The fourth-order valence-corrected chi connectivity index (χ4v) is 11.7. The number of unbranched alkanes of at least 4 members (excludes halogenated alkanes) is 5. The van der Waals surface area contributed by atoms with Crippen molar-refractivity contribution in [3.05, 3.63) is 149 Å². The molecule has 4 aliphatic heterocycles. The smallest absolute Gasteiger partial charge is 0.266 e. The largest absolute Gasteiger partial charge is 0.449 e. The Labute approximate surface area is 431 Å². The molecular weight excluding hydrogens is 951 g/mol. The van der Waals surface area contributed by atoms with Gasteiger partial charge >= 0.3 is 0 Å².